The van der Waals surface area contributed by atoms with Gasteiger partial charge in [-0.1, -0.05) is 18.2 Å². The Morgan fingerprint density at radius 3 is 2.87 bits per heavy atom. The minimum Gasteiger partial charge on any atom is -0.298 e. The first-order valence-corrected chi connectivity index (χ1v) is 4.65. The molecule has 2 aromatic rings. The number of carbonyl (C=O) groups excluding carboxylic acids is 1. The van der Waals surface area contributed by atoms with Gasteiger partial charge < -0.3 is 0 Å². The predicted octanol–water partition coefficient (Wildman–Crippen LogP) is 2.26. The summed E-state index contributed by atoms with van der Waals surface area (Å²) in [6.07, 6.45) is 2.53. The van der Waals surface area contributed by atoms with Gasteiger partial charge in [-0.3, -0.25) is 4.79 Å². The van der Waals surface area contributed by atoms with Gasteiger partial charge in [0.05, 0.1) is 0 Å². The van der Waals surface area contributed by atoms with Crippen LogP contribution in [-0.4, -0.2) is 16.3 Å². The highest BCUT2D eigenvalue weighted by Crippen LogP contribution is 2.15. The first-order valence-electron chi connectivity index (χ1n) is 4.65. The Bertz CT molecular complexity index is 494. The standard InChI is InChI=1S/C12H10N2O/c1-9-5-6-13-12(14-9)11-4-2-3-10(7-11)8-15/h2-8H,1H3. The molecule has 1 aromatic heterocycles. The summed E-state index contributed by atoms with van der Waals surface area (Å²) in [5, 5.41) is 0. The third kappa shape index (κ3) is 2.07. The highest BCUT2D eigenvalue weighted by atomic mass is 16.1. The van der Waals surface area contributed by atoms with Crippen LogP contribution < -0.4 is 0 Å². The number of rotatable bonds is 2. The smallest absolute Gasteiger partial charge is 0.159 e. The Morgan fingerprint density at radius 2 is 2.13 bits per heavy atom. The molecule has 1 aromatic carbocycles. The van der Waals surface area contributed by atoms with Gasteiger partial charge in [0.1, 0.15) is 6.29 Å². The first-order chi connectivity index (χ1) is 7.29. The first kappa shape index (κ1) is 9.52. The number of aldehydes is 1. The van der Waals surface area contributed by atoms with Crippen molar-refractivity contribution in [3.63, 3.8) is 0 Å². The second-order valence-electron chi connectivity index (χ2n) is 3.26. The molecule has 0 aliphatic heterocycles. The zero-order chi connectivity index (χ0) is 10.7. The fraction of sp³-hybridized carbons (Fsp3) is 0.0833. The third-order valence-electron chi connectivity index (χ3n) is 2.08. The van der Waals surface area contributed by atoms with Gasteiger partial charge in [-0.15, -0.1) is 0 Å². The zero-order valence-electron chi connectivity index (χ0n) is 8.34. The van der Waals surface area contributed by atoms with E-state index < -0.39 is 0 Å². The number of benzene rings is 1. The van der Waals surface area contributed by atoms with Crippen molar-refractivity contribution in [2.24, 2.45) is 0 Å². The Kier molecular flexibility index (Phi) is 2.54. The lowest BCUT2D eigenvalue weighted by molar-refractivity contribution is 0.112. The molecule has 3 nitrogen and oxygen atoms in total. The average molecular weight is 198 g/mol. The van der Waals surface area contributed by atoms with Crippen LogP contribution in [0.25, 0.3) is 11.4 Å². The van der Waals surface area contributed by atoms with Crippen LogP contribution in [0.4, 0.5) is 0 Å². The number of aromatic nitrogens is 2. The second kappa shape index (κ2) is 4.00. The van der Waals surface area contributed by atoms with E-state index in [1.165, 1.54) is 0 Å². The van der Waals surface area contributed by atoms with Crippen LogP contribution in [0.1, 0.15) is 16.1 Å². The lowest BCUT2D eigenvalue weighted by Crippen LogP contribution is -1.91. The molecule has 15 heavy (non-hydrogen) atoms. The average Bonchev–Trinajstić information content (AvgIpc) is 2.29. The maximum absolute atomic E-state index is 10.6. The van der Waals surface area contributed by atoms with Gasteiger partial charge in [-0.05, 0) is 19.1 Å². The van der Waals surface area contributed by atoms with Crippen molar-refractivity contribution in [1.82, 2.24) is 9.97 Å². The summed E-state index contributed by atoms with van der Waals surface area (Å²) in [7, 11) is 0. The Balaban J connectivity index is 2.49. The van der Waals surface area contributed by atoms with Crippen molar-refractivity contribution in [3.05, 3.63) is 47.8 Å². The van der Waals surface area contributed by atoms with E-state index in [0.717, 1.165) is 17.5 Å². The molecule has 0 aliphatic rings. The highest BCUT2D eigenvalue weighted by molar-refractivity contribution is 5.77. The van der Waals surface area contributed by atoms with Crippen molar-refractivity contribution in [2.75, 3.05) is 0 Å². The fourth-order valence-electron chi connectivity index (χ4n) is 1.34. The van der Waals surface area contributed by atoms with Crippen molar-refractivity contribution in [2.45, 2.75) is 6.92 Å². The minimum absolute atomic E-state index is 0.637. The Hall–Kier alpha value is -2.03. The van der Waals surface area contributed by atoms with Crippen LogP contribution in [0.3, 0.4) is 0 Å². The summed E-state index contributed by atoms with van der Waals surface area (Å²) < 4.78 is 0. The highest BCUT2D eigenvalue weighted by Gasteiger charge is 2.01. The number of aryl methyl sites for hydroxylation is 1. The van der Waals surface area contributed by atoms with Crippen LogP contribution in [0.5, 0.6) is 0 Å². The summed E-state index contributed by atoms with van der Waals surface area (Å²) in [6.45, 7) is 1.91. The van der Waals surface area contributed by atoms with Crippen LogP contribution in [0, 0.1) is 6.92 Å². The van der Waals surface area contributed by atoms with E-state index in [0.29, 0.717) is 11.4 Å². The number of carbonyl (C=O) groups is 1. The van der Waals surface area contributed by atoms with E-state index in [2.05, 4.69) is 9.97 Å². The van der Waals surface area contributed by atoms with E-state index in [9.17, 15) is 4.79 Å². The molecule has 0 saturated carbocycles. The van der Waals surface area contributed by atoms with Gasteiger partial charge in [-0.2, -0.15) is 0 Å². The molecular formula is C12H10N2O. The van der Waals surface area contributed by atoms with Gasteiger partial charge in [0.2, 0.25) is 0 Å². The van der Waals surface area contributed by atoms with Gasteiger partial charge in [0, 0.05) is 23.0 Å². The van der Waals surface area contributed by atoms with Crippen LogP contribution in [-0.2, 0) is 0 Å². The maximum Gasteiger partial charge on any atom is 0.159 e. The molecule has 0 amide bonds. The summed E-state index contributed by atoms with van der Waals surface area (Å²) in [4.78, 5) is 19.1. The number of hydrogen-bond donors (Lipinski definition) is 0. The largest absolute Gasteiger partial charge is 0.298 e. The van der Waals surface area contributed by atoms with E-state index in [4.69, 9.17) is 0 Å². The van der Waals surface area contributed by atoms with Crippen LogP contribution >= 0.6 is 0 Å². The normalized spacial score (nSPS) is 9.93. The van der Waals surface area contributed by atoms with Crippen molar-refractivity contribution in [1.29, 1.82) is 0 Å². The molecule has 0 atom stereocenters. The number of hydrogen-bond acceptors (Lipinski definition) is 3. The lowest BCUT2D eigenvalue weighted by Gasteiger charge is -2.00. The zero-order valence-corrected chi connectivity index (χ0v) is 8.34. The molecule has 74 valence electrons. The third-order valence-corrected chi connectivity index (χ3v) is 2.08. The predicted molar refractivity (Wildman–Crippen MR) is 57.6 cm³/mol. The summed E-state index contributed by atoms with van der Waals surface area (Å²) in [6, 6.07) is 9.09. The van der Waals surface area contributed by atoms with Crippen molar-refractivity contribution < 1.29 is 4.79 Å². The van der Waals surface area contributed by atoms with Crippen LogP contribution in [0.2, 0.25) is 0 Å². The van der Waals surface area contributed by atoms with Crippen molar-refractivity contribution >= 4 is 6.29 Å². The topological polar surface area (TPSA) is 42.9 Å². The van der Waals surface area contributed by atoms with Gasteiger partial charge in [0.25, 0.3) is 0 Å². The molecule has 0 N–H and O–H groups in total. The molecule has 1 heterocycles. The molecule has 0 unspecified atom stereocenters. The molecule has 0 aliphatic carbocycles. The van der Waals surface area contributed by atoms with Gasteiger partial charge in [-0.25, -0.2) is 9.97 Å². The lowest BCUT2D eigenvalue weighted by atomic mass is 10.1. The van der Waals surface area contributed by atoms with E-state index in [1.54, 1.807) is 18.3 Å². The van der Waals surface area contributed by atoms with Crippen LogP contribution in [0.15, 0.2) is 36.5 Å². The molecule has 0 bridgehead atoms. The van der Waals surface area contributed by atoms with Crippen molar-refractivity contribution in [3.8, 4) is 11.4 Å². The van der Waals surface area contributed by atoms with E-state index >= 15 is 0 Å². The Labute approximate surface area is 87.8 Å². The SMILES string of the molecule is Cc1ccnc(-c2cccc(C=O)c2)n1. The quantitative estimate of drug-likeness (QED) is 0.695. The molecule has 2 rings (SSSR count). The van der Waals surface area contributed by atoms with E-state index in [1.807, 2.05) is 25.1 Å². The molecule has 0 radical (unpaired) electrons. The molecule has 3 heteroatoms. The second-order valence-corrected chi connectivity index (χ2v) is 3.26. The van der Waals surface area contributed by atoms with Gasteiger partial charge in [0.15, 0.2) is 5.82 Å². The van der Waals surface area contributed by atoms with Gasteiger partial charge >= 0.3 is 0 Å². The molecule has 0 spiro atoms. The summed E-state index contributed by atoms with van der Waals surface area (Å²) >= 11 is 0. The number of nitrogens with zero attached hydrogens (tertiary/aromatic N) is 2. The van der Waals surface area contributed by atoms with E-state index in [-0.39, 0.29) is 0 Å². The summed E-state index contributed by atoms with van der Waals surface area (Å²) in [5.74, 6) is 0.652. The molecule has 0 saturated heterocycles. The maximum atomic E-state index is 10.6. The fourth-order valence-corrected chi connectivity index (χ4v) is 1.34. The minimum atomic E-state index is 0.637. The Morgan fingerprint density at radius 1 is 1.27 bits per heavy atom. The summed E-state index contributed by atoms with van der Waals surface area (Å²) in [5.41, 5.74) is 2.41. The molecule has 0 fully saturated rings. The monoisotopic (exact) mass is 198 g/mol. The molecular weight excluding hydrogens is 188 g/mol.